The largest absolute Gasteiger partial charge is 0.463 e. The molecular formula is C18H18F2N2OS. The van der Waals surface area contributed by atoms with Crippen molar-refractivity contribution >= 4 is 17.0 Å². The van der Waals surface area contributed by atoms with Crippen LogP contribution in [0.15, 0.2) is 51.4 Å². The molecule has 0 radical (unpaired) electrons. The highest BCUT2D eigenvalue weighted by Gasteiger charge is 2.12. The van der Waals surface area contributed by atoms with E-state index in [0.29, 0.717) is 10.7 Å². The molecule has 3 rings (SSSR count). The zero-order valence-electron chi connectivity index (χ0n) is 13.5. The second kappa shape index (κ2) is 7.13. The lowest BCUT2D eigenvalue weighted by molar-refractivity contribution is 0.505. The second-order valence-electron chi connectivity index (χ2n) is 5.92. The van der Waals surface area contributed by atoms with Crippen molar-refractivity contribution in [1.82, 2.24) is 4.57 Å². The van der Waals surface area contributed by atoms with E-state index in [-0.39, 0.29) is 5.69 Å². The highest BCUT2D eigenvalue weighted by Crippen LogP contribution is 2.23. The van der Waals surface area contributed by atoms with Gasteiger partial charge in [0.15, 0.2) is 16.4 Å². The minimum atomic E-state index is -0.668. The molecule has 0 atom stereocenters. The van der Waals surface area contributed by atoms with Crippen LogP contribution in [0.5, 0.6) is 0 Å². The van der Waals surface area contributed by atoms with Gasteiger partial charge in [-0.3, -0.25) is 0 Å². The first-order valence-electron chi connectivity index (χ1n) is 7.76. The monoisotopic (exact) mass is 348 g/mol. The van der Waals surface area contributed by atoms with Crippen molar-refractivity contribution in [3.8, 4) is 11.5 Å². The summed E-state index contributed by atoms with van der Waals surface area (Å²) in [5, 5.41) is 1.94. The first kappa shape index (κ1) is 16.6. The van der Waals surface area contributed by atoms with Gasteiger partial charge in [-0.2, -0.15) is 0 Å². The van der Waals surface area contributed by atoms with Crippen LogP contribution < -0.4 is 4.80 Å². The Morgan fingerprint density at radius 3 is 2.75 bits per heavy atom. The Bertz CT molecular complexity index is 879. The molecule has 0 aliphatic rings. The van der Waals surface area contributed by atoms with E-state index < -0.39 is 11.6 Å². The van der Waals surface area contributed by atoms with Crippen LogP contribution in [-0.2, 0) is 6.54 Å². The van der Waals surface area contributed by atoms with Crippen molar-refractivity contribution < 1.29 is 13.2 Å². The Balaban J connectivity index is 2.08. The number of halogens is 2. The number of nitrogens with zero attached hydrogens (tertiary/aromatic N) is 2. The van der Waals surface area contributed by atoms with Crippen molar-refractivity contribution in [2.75, 3.05) is 0 Å². The van der Waals surface area contributed by atoms with Gasteiger partial charge in [-0.25, -0.2) is 13.8 Å². The van der Waals surface area contributed by atoms with Gasteiger partial charge in [-0.05, 0) is 36.6 Å². The zero-order chi connectivity index (χ0) is 17.1. The van der Waals surface area contributed by atoms with Gasteiger partial charge in [-0.1, -0.05) is 13.8 Å². The number of thiazole rings is 1. The molecule has 0 aliphatic carbocycles. The fraction of sp³-hybridized carbons (Fsp3) is 0.278. The average molecular weight is 348 g/mol. The number of aromatic nitrogens is 1. The summed E-state index contributed by atoms with van der Waals surface area (Å²) in [5.41, 5.74) is 1.04. The number of benzene rings is 1. The normalized spacial score (nSPS) is 12.3. The summed E-state index contributed by atoms with van der Waals surface area (Å²) >= 11 is 1.41. The van der Waals surface area contributed by atoms with E-state index in [1.165, 1.54) is 23.5 Å². The predicted octanol–water partition coefficient (Wildman–Crippen LogP) is 5.37. The smallest absolute Gasteiger partial charge is 0.190 e. The molecule has 0 unspecified atom stereocenters. The Hall–Kier alpha value is -2.21. The highest BCUT2D eigenvalue weighted by atomic mass is 32.1. The Kier molecular flexibility index (Phi) is 4.94. The summed E-state index contributed by atoms with van der Waals surface area (Å²) in [4.78, 5) is 5.05. The number of rotatable bonds is 5. The van der Waals surface area contributed by atoms with E-state index in [1.54, 1.807) is 6.26 Å². The number of hydrogen-bond donors (Lipinski definition) is 0. The third kappa shape index (κ3) is 3.64. The average Bonchev–Trinajstić information content (AvgIpc) is 3.17. The van der Waals surface area contributed by atoms with Crippen molar-refractivity contribution in [3.05, 3.63) is 58.4 Å². The number of furan rings is 1. The summed E-state index contributed by atoms with van der Waals surface area (Å²) in [7, 11) is 0. The van der Waals surface area contributed by atoms with Crippen LogP contribution in [0.2, 0.25) is 0 Å². The summed E-state index contributed by atoms with van der Waals surface area (Å²) < 4.78 is 34.5. The molecule has 0 saturated heterocycles. The van der Waals surface area contributed by atoms with Crippen LogP contribution in [0.1, 0.15) is 20.3 Å². The molecule has 126 valence electrons. The molecule has 2 aromatic heterocycles. The maximum Gasteiger partial charge on any atom is 0.190 e. The molecule has 1 aromatic carbocycles. The minimum Gasteiger partial charge on any atom is -0.463 e. The van der Waals surface area contributed by atoms with Crippen LogP contribution in [0.4, 0.5) is 14.5 Å². The molecule has 0 bridgehead atoms. The molecule has 0 N–H and O–H groups in total. The third-order valence-corrected chi connectivity index (χ3v) is 4.49. The molecule has 0 fully saturated rings. The summed E-state index contributed by atoms with van der Waals surface area (Å²) in [6, 6.07) is 7.12. The zero-order valence-corrected chi connectivity index (χ0v) is 14.3. The van der Waals surface area contributed by atoms with Crippen LogP contribution >= 0.6 is 11.3 Å². The van der Waals surface area contributed by atoms with E-state index in [1.807, 2.05) is 22.1 Å². The van der Waals surface area contributed by atoms with E-state index >= 15 is 0 Å². The lowest BCUT2D eigenvalue weighted by atomic mass is 10.1. The van der Waals surface area contributed by atoms with Gasteiger partial charge in [0.05, 0.1) is 12.0 Å². The Morgan fingerprint density at radius 2 is 2.08 bits per heavy atom. The van der Waals surface area contributed by atoms with Gasteiger partial charge < -0.3 is 8.98 Å². The molecule has 6 heteroatoms. The summed E-state index contributed by atoms with van der Waals surface area (Å²) in [6.07, 6.45) is 2.58. The molecule has 2 heterocycles. The topological polar surface area (TPSA) is 30.4 Å². The molecule has 0 saturated carbocycles. The Morgan fingerprint density at radius 1 is 1.25 bits per heavy atom. The fourth-order valence-corrected chi connectivity index (χ4v) is 3.25. The molecule has 0 spiro atoms. The third-order valence-electron chi connectivity index (χ3n) is 3.63. The van der Waals surface area contributed by atoms with Gasteiger partial charge in [0.1, 0.15) is 11.5 Å². The molecule has 0 amide bonds. The van der Waals surface area contributed by atoms with Crippen molar-refractivity contribution in [2.24, 2.45) is 10.9 Å². The first-order valence-corrected chi connectivity index (χ1v) is 8.64. The quantitative estimate of drug-likeness (QED) is 0.610. The van der Waals surface area contributed by atoms with Gasteiger partial charge in [0, 0.05) is 18.0 Å². The van der Waals surface area contributed by atoms with E-state index in [2.05, 4.69) is 18.8 Å². The lowest BCUT2D eigenvalue weighted by Crippen LogP contribution is -2.17. The molecule has 3 nitrogen and oxygen atoms in total. The highest BCUT2D eigenvalue weighted by molar-refractivity contribution is 7.07. The van der Waals surface area contributed by atoms with Gasteiger partial charge in [0.2, 0.25) is 0 Å². The number of hydrogen-bond acceptors (Lipinski definition) is 3. The van der Waals surface area contributed by atoms with E-state index in [4.69, 9.17) is 4.42 Å². The van der Waals surface area contributed by atoms with Crippen LogP contribution in [0.25, 0.3) is 11.5 Å². The van der Waals surface area contributed by atoms with Crippen LogP contribution in [-0.4, -0.2) is 4.57 Å². The molecule has 24 heavy (non-hydrogen) atoms. The SMILES string of the molecule is CC(C)CCn1c(-c2ccco2)csc1=Nc1ccc(F)cc1F. The molecular weight excluding hydrogens is 330 g/mol. The van der Waals surface area contributed by atoms with Gasteiger partial charge >= 0.3 is 0 Å². The van der Waals surface area contributed by atoms with Crippen molar-refractivity contribution in [2.45, 2.75) is 26.8 Å². The maximum absolute atomic E-state index is 13.9. The molecule has 0 aliphatic heterocycles. The fourth-order valence-electron chi connectivity index (χ4n) is 2.32. The van der Waals surface area contributed by atoms with Crippen molar-refractivity contribution in [1.29, 1.82) is 0 Å². The van der Waals surface area contributed by atoms with E-state index in [9.17, 15) is 8.78 Å². The summed E-state index contributed by atoms with van der Waals surface area (Å²) in [5.74, 6) is -0.00626. The van der Waals surface area contributed by atoms with E-state index in [0.717, 1.165) is 30.5 Å². The van der Waals surface area contributed by atoms with Crippen molar-refractivity contribution in [3.63, 3.8) is 0 Å². The molecule has 3 aromatic rings. The van der Waals surface area contributed by atoms with Crippen LogP contribution in [0, 0.1) is 17.6 Å². The van der Waals surface area contributed by atoms with Gasteiger partial charge in [0.25, 0.3) is 0 Å². The standard InChI is InChI=1S/C18H18F2N2OS/c1-12(2)7-8-22-16(17-4-3-9-23-17)11-24-18(22)21-15-6-5-13(19)10-14(15)20/h3-6,9-12H,7-8H2,1-2H3. The lowest BCUT2D eigenvalue weighted by Gasteiger charge is -2.09. The predicted molar refractivity (Wildman–Crippen MR) is 91.0 cm³/mol. The maximum atomic E-state index is 13.9. The Labute approximate surface area is 142 Å². The van der Waals surface area contributed by atoms with Crippen LogP contribution in [0.3, 0.4) is 0 Å². The minimum absolute atomic E-state index is 0.127. The van der Waals surface area contributed by atoms with Gasteiger partial charge in [-0.15, -0.1) is 11.3 Å². The summed E-state index contributed by atoms with van der Waals surface area (Å²) in [6.45, 7) is 5.05. The second-order valence-corrected chi connectivity index (χ2v) is 6.76. The first-order chi connectivity index (χ1) is 11.5.